The summed E-state index contributed by atoms with van der Waals surface area (Å²) in [6.07, 6.45) is 0. The maximum atomic E-state index is 9.67. The number of aryl methyl sites for hydroxylation is 2. The molecule has 0 bridgehead atoms. The van der Waals surface area contributed by atoms with Crippen LogP contribution in [0.1, 0.15) is 35.2 Å². The Balaban J connectivity index is 2.21. The molecule has 0 fully saturated rings. The van der Waals surface area contributed by atoms with Crippen molar-refractivity contribution in [3.63, 3.8) is 0 Å². The molecule has 0 spiro atoms. The molecule has 2 aromatic rings. The number of hydrogen-bond donors (Lipinski definition) is 2. The smallest absolute Gasteiger partial charge is 0.118 e. The maximum absolute atomic E-state index is 9.67. The molecule has 0 heterocycles. The van der Waals surface area contributed by atoms with Crippen molar-refractivity contribution in [3.8, 4) is 11.8 Å². The topological polar surface area (TPSA) is 56.0 Å². The van der Waals surface area contributed by atoms with Crippen LogP contribution in [0.2, 0.25) is 0 Å². The zero-order valence-electron chi connectivity index (χ0n) is 11.9. The van der Waals surface area contributed by atoms with Crippen LogP contribution in [0.3, 0.4) is 0 Å². The first-order chi connectivity index (χ1) is 9.51. The third-order valence-electron chi connectivity index (χ3n) is 3.45. The number of rotatable bonds is 3. The summed E-state index contributed by atoms with van der Waals surface area (Å²) in [4.78, 5) is 0. The van der Waals surface area contributed by atoms with Gasteiger partial charge in [0.05, 0.1) is 11.6 Å². The van der Waals surface area contributed by atoms with E-state index >= 15 is 0 Å². The van der Waals surface area contributed by atoms with Crippen molar-refractivity contribution in [1.82, 2.24) is 0 Å². The van der Waals surface area contributed by atoms with Gasteiger partial charge in [-0.3, -0.25) is 0 Å². The van der Waals surface area contributed by atoms with Crippen LogP contribution in [0.5, 0.6) is 5.75 Å². The van der Waals surface area contributed by atoms with Crippen LogP contribution in [0.15, 0.2) is 36.4 Å². The Morgan fingerprint density at radius 3 is 2.35 bits per heavy atom. The molecular weight excluding hydrogens is 248 g/mol. The van der Waals surface area contributed by atoms with Crippen molar-refractivity contribution in [2.75, 3.05) is 5.32 Å². The van der Waals surface area contributed by atoms with Gasteiger partial charge in [-0.25, -0.2) is 0 Å². The van der Waals surface area contributed by atoms with Crippen molar-refractivity contribution in [3.05, 3.63) is 58.7 Å². The zero-order chi connectivity index (χ0) is 14.7. The predicted octanol–water partition coefficient (Wildman–Crippen LogP) is 4.05. The van der Waals surface area contributed by atoms with Crippen molar-refractivity contribution >= 4 is 5.69 Å². The Labute approximate surface area is 119 Å². The van der Waals surface area contributed by atoms with Gasteiger partial charge in [0.15, 0.2) is 0 Å². The lowest BCUT2D eigenvalue weighted by atomic mass is 10.0. The van der Waals surface area contributed by atoms with Crippen molar-refractivity contribution in [2.24, 2.45) is 0 Å². The van der Waals surface area contributed by atoms with Gasteiger partial charge >= 0.3 is 0 Å². The van der Waals surface area contributed by atoms with Crippen molar-refractivity contribution in [2.45, 2.75) is 26.8 Å². The number of phenols is 1. The molecule has 2 aromatic carbocycles. The minimum Gasteiger partial charge on any atom is -0.508 e. The largest absolute Gasteiger partial charge is 0.508 e. The van der Waals surface area contributed by atoms with Gasteiger partial charge in [-0.1, -0.05) is 12.1 Å². The number of benzene rings is 2. The SMILES string of the molecule is Cc1cc(NC(C)c2ccc(C#N)cc2)c(C)cc1O. The van der Waals surface area contributed by atoms with Gasteiger partial charge in [-0.15, -0.1) is 0 Å². The van der Waals surface area contributed by atoms with E-state index in [0.717, 1.165) is 22.4 Å². The van der Waals surface area contributed by atoms with Crippen molar-refractivity contribution < 1.29 is 5.11 Å². The molecule has 0 saturated carbocycles. The molecule has 20 heavy (non-hydrogen) atoms. The molecule has 0 aliphatic heterocycles. The van der Waals surface area contributed by atoms with E-state index in [9.17, 15) is 5.11 Å². The van der Waals surface area contributed by atoms with E-state index in [4.69, 9.17) is 5.26 Å². The Morgan fingerprint density at radius 2 is 1.75 bits per heavy atom. The average molecular weight is 266 g/mol. The van der Waals surface area contributed by atoms with Crippen LogP contribution >= 0.6 is 0 Å². The van der Waals surface area contributed by atoms with E-state index in [2.05, 4.69) is 18.3 Å². The molecule has 2 N–H and O–H groups in total. The van der Waals surface area contributed by atoms with E-state index in [1.807, 2.05) is 44.2 Å². The quantitative estimate of drug-likeness (QED) is 0.824. The van der Waals surface area contributed by atoms with Crippen LogP contribution in [-0.2, 0) is 0 Å². The summed E-state index contributed by atoms with van der Waals surface area (Å²) < 4.78 is 0. The van der Waals surface area contributed by atoms with Gasteiger partial charge in [0.2, 0.25) is 0 Å². The van der Waals surface area contributed by atoms with Crippen LogP contribution in [-0.4, -0.2) is 5.11 Å². The monoisotopic (exact) mass is 266 g/mol. The first-order valence-electron chi connectivity index (χ1n) is 6.58. The van der Waals surface area contributed by atoms with Crippen molar-refractivity contribution in [1.29, 1.82) is 5.26 Å². The molecule has 3 heteroatoms. The van der Waals surface area contributed by atoms with Gasteiger partial charge in [-0.05, 0) is 61.7 Å². The Kier molecular flexibility index (Phi) is 3.95. The molecule has 0 aromatic heterocycles. The molecule has 102 valence electrons. The van der Waals surface area contributed by atoms with E-state index < -0.39 is 0 Å². The number of hydrogen-bond acceptors (Lipinski definition) is 3. The second-order valence-corrected chi connectivity index (χ2v) is 5.05. The van der Waals surface area contributed by atoms with Crippen LogP contribution in [0.25, 0.3) is 0 Å². The van der Waals surface area contributed by atoms with Gasteiger partial charge in [0.1, 0.15) is 5.75 Å². The van der Waals surface area contributed by atoms with Gasteiger partial charge in [0.25, 0.3) is 0 Å². The minimum absolute atomic E-state index is 0.130. The summed E-state index contributed by atoms with van der Waals surface area (Å²) in [5, 5.41) is 21.9. The molecular formula is C17H18N2O. The zero-order valence-corrected chi connectivity index (χ0v) is 11.9. The number of aromatic hydroxyl groups is 1. The second-order valence-electron chi connectivity index (χ2n) is 5.05. The lowest BCUT2D eigenvalue weighted by Gasteiger charge is -2.18. The van der Waals surface area contributed by atoms with Gasteiger partial charge in [0, 0.05) is 11.7 Å². The molecule has 1 atom stereocenters. The molecule has 0 aliphatic rings. The highest BCUT2D eigenvalue weighted by atomic mass is 16.3. The standard InChI is InChI=1S/C17H18N2O/c1-11-9-17(20)12(2)8-16(11)19-13(3)15-6-4-14(10-18)5-7-15/h4-9,13,19-20H,1-3H3. The lowest BCUT2D eigenvalue weighted by molar-refractivity contribution is 0.470. The lowest BCUT2D eigenvalue weighted by Crippen LogP contribution is -2.07. The molecule has 0 aliphatic carbocycles. The number of nitrogens with one attached hydrogen (secondary N) is 1. The maximum Gasteiger partial charge on any atom is 0.118 e. The Morgan fingerprint density at radius 1 is 1.10 bits per heavy atom. The minimum atomic E-state index is 0.130. The molecule has 0 saturated heterocycles. The fourth-order valence-electron chi connectivity index (χ4n) is 2.12. The summed E-state index contributed by atoms with van der Waals surface area (Å²) >= 11 is 0. The third kappa shape index (κ3) is 2.92. The second kappa shape index (κ2) is 5.66. The summed E-state index contributed by atoms with van der Waals surface area (Å²) in [6, 6.07) is 13.5. The molecule has 0 amide bonds. The first kappa shape index (κ1) is 14.0. The fourth-order valence-corrected chi connectivity index (χ4v) is 2.12. The molecule has 3 nitrogen and oxygen atoms in total. The third-order valence-corrected chi connectivity index (χ3v) is 3.45. The van der Waals surface area contributed by atoms with E-state index in [1.54, 1.807) is 6.07 Å². The predicted molar refractivity (Wildman–Crippen MR) is 80.8 cm³/mol. The highest BCUT2D eigenvalue weighted by Gasteiger charge is 2.09. The van der Waals surface area contributed by atoms with E-state index in [-0.39, 0.29) is 6.04 Å². The van der Waals surface area contributed by atoms with Crippen LogP contribution in [0.4, 0.5) is 5.69 Å². The molecule has 0 radical (unpaired) electrons. The fraction of sp³-hybridized carbons (Fsp3) is 0.235. The molecule has 2 rings (SSSR count). The van der Waals surface area contributed by atoms with Crippen LogP contribution in [0, 0.1) is 25.2 Å². The number of nitrogens with zero attached hydrogens (tertiary/aromatic N) is 1. The highest BCUT2D eigenvalue weighted by Crippen LogP contribution is 2.28. The summed E-state index contributed by atoms with van der Waals surface area (Å²) in [5.41, 5.74) is 4.66. The summed E-state index contributed by atoms with van der Waals surface area (Å²) in [5.74, 6) is 0.319. The number of nitriles is 1. The number of anilines is 1. The summed E-state index contributed by atoms with van der Waals surface area (Å²) in [6.45, 7) is 5.92. The van der Waals surface area contributed by atoms with Crippen LogP contribution < -0.4 is 5.32 Å². The highest BCUT2D eigenvalue weighted by molar-refractivity contribution is 5.57. The van der Waals surface area contributed by atoms with Gasteiger partial charge < -0.3 is 10.4 Å². The number of phenolic OH excluding ortho intramolecular Hbond substituents is 1. The molecule has 1 unspecified atom stereocenters. The average Bonchev–Trinajstić information content (AvgIpc) is 2.44. The van der Waals surface area contributed by atoms with Gasteiger partial charge in [-0.2, -0.15) is 5.26 Å². The normalized spacial score (nSPS) is 11.7. The van der Waals surface area contributed by atoms with E-state index in [1.165, 1.54) is 0 Å². The van der Waals surface area contributed by atoms with E-state index in [0.29, 0.717) is 11.3 Å². The summed E-state index contributed by atoms with van der Waals surface area (Å²) in [7, 11) is 0. The Bertz CT molecular complexity index is 654. The first-order valence-corrected chi connectivity index (χ1v) is 6.58. The Hall–Kier alpha value is -2.47.